The van der Waals surface area contributed by atoms with Gasteiger partial charge in [0.25, 0.3) is 5.91 Å². The lowest BCUT2D eigenvalue weighted by Crippen LogP contribution is -2.51. The third kappa shape index (κ3) is 6.39. The van der Waals surface area contributed by atoms with E-state index in [1.165, 1.54) is 11.3 Å². The molecule has 0 spiro atoms. The molecule has 0 aliphatic carbocycles. The van der Waals surface area contributed by atoms with E-state index in [1.807, 2.05) is 25.3 Å². The summed E-state index contributed by atoms with van der Waals surface area (Å²) in [4.78, 5) is 27.5. The van der Waals surface area contributed by atoms with E-state index >= 15 is 0 Å². The van der Waals surface area contributed by atoms with Crippen LogP contribution < -0.4 is 16.0 Å². The van der Waals surface area contributed by atoms with Gasteiger partial charge in [0.2, 0.25) is 5.91 Å². The molecule has 0 radical (unpaired) electrons. The van der Waals surface area contributed by atoms with Crippen LogP contribution in [0.3, 0.4) is 0 Å². The van der Waals surface area contributed by atoms with Gasteiger partial charge in [0.1, 0.15) is 6.04 Å². The third-order valence-electron chi connectivity index (χ3n) is 3.92. The van der Waals surface area contributed by atoms with Crippen molar-refractivity contribution in [3.05, 3.63) is 22.4 Å². The molecule has 1 saturated heterocycles. The van der Waals surface area contributed by atoms with E-state index in [4.69, 9.17) is 0 Å². The van der Waals surface area contributed by atoms with Crippen LogP contribution in [0.15, 0.2) is 17.5 Å². The number of hydrogen-bond acceptors (Lipinski definition) is 5. The molecule has 24 heavy (non-hydrogen) atoms. The SMILES string of the molecule is CC(C)C(NC(=O)c1cccs1)C(=O)NCCN1CCNCC1.Cl. The molecule has 2 amide bonds. The molecule has 1 fully saturated rings. The average molecular weight is 375 g/mol. The number of rotatable bonds is 7. The van der Waals surface area contributed by atoms with Crippen molar-refractivity contribution in [3.8, 4) is 0 Å². The topological polar surface area (TPSA) is 73.5 Å². The molecule has 8 heteroatoms. The Morgan fingerprint density at radius 1 is 1.33 bits per heavy atom. The number of amides is 2. The molecule has 3 N–H and O–H groups in total. The maximum absolute atomic E-state index is 12.4. The van der Waals surface area contributed by atoms with E-state index in [0.717, 1.165) is 32.7 Å². The Balaban J connectivity index is 0.00000288. The predicted octanol–water partition coefficient (Wildman–Crippen LogP) is 0.946. The van der Waals surface area contributed by atoms with Crippen LogP contribution in [-0.2, 0) is 4.79 Å². The van der Waals surface area contributed by atoms with Gasteiger partial charge in [0.05, 0.1) is 4.88 Å². The molecule has 2 rings (SSSR count). The third-order valence-corrected chi connectivity index (χ3v) is 4.79. The highest BCUT2D eigenvalue weighted by Gasteiger charge is 2.24. The Hall–Kier alpha value is -1.15. The smallest absolute Gasteiger partial charge is 0.262 e. The Labute approximate surface area is 153 Å². The summed E-state index contributed by atoms with van der Waals surface area (Å²) >= 11 is 1.38. The highest BCUT2D eigenvalue weighted by molar-refractivity contribution is 7.12. The van der Waals surface area contributed by atoms with Crippen molar-refractivity contribution in [2.24, 2.45) is 5.92 Å². The largest absolute Gasteiger partial charge is 0.353 e. The first-order chi connectivity index (χ1) is 11.1. The molecule has 0 saturated carbocycles. The van der Waals surface area contributed by atoms with Gasteiger partial charge in [-0.15, -0.1) is 23.7 Å². The molecular formula is C16H27ClN4O2S. The number of carbonyl (C=O) groups is 2. The van der Waals surface area contributed by atoms with Crippen LogP contribution in [0.1, 0.15) is 23.5 Å². The summed E-state index contributed by atoms with van der Waals surface area (Å²) in [7, 11) is 0. The Morgan fingerprint density at radius 3 is 2.62 bits per heavy atom. The zero-order valence-corrected chi connectivity index (χ0v) is 15.8. The quantitative estimate of drug-likeness (QED) is 0.664. The van der Waals surface area contributed by atoms with Crippen molar-refractivity contribution >= 4 is 35.6 Å². The Morgan fingerprint density at radius 2 is 2.04 bits per heavy atom. The van der Waals surface area contributed by atoms with Crippen LogP contribution in [0.2, 0.25) is 0 Å². The Kier molecular flexibility index (Phi) is 9.28. The van der Waals surface area contributed by atoms with Crippen molar-refractivity contribution in [2.45, 2.75) is 19.9 Å². The second-order valence-electron chi connectivity index (χ2n) is 6.06. The van der Waals surface area contributed by atoms with Gasteiger partial charge in [0.15, 0.2) is 0 Å². The molecule has 136 valence electrons. The fraction of sp³-hybridized carbons (Fsp3) is 0.625. The molecule has 1 aromatic rings. The van der Waals surface area contributed by atoms with Gasteiger partial charge in [-0.2, -0.15) is 0 Å². The van der Waals surface area contributed by atoms with Crippen molar-refractivity contribution < 1.29 is 9.59 Å². The maximum atomic E-state index is 12.4. The minimum absolute atomic E-state index is 0. The average Bonchev–Trinajstić information content (AvgIpc) is 3.07. The van der Waals surface area contributed by atoms with Gasteiger partial charge in [-0.1, -0.05) is 19.9 Å². The second-order valence-corrected chi connectivity index (χ2v) is 7.00. The van der Waals surface area contributed by atoms with E-state index < -0.39 is 6.04 Å². The maximum Gasteiger partial charge on any atom is 0.262 e. The van der Waals surface area contributed by atoms with E-state index in [0.29, 0.717) is 11.4 Å². The molecular weight excluding hydrogens is 348 g/mol. The number of halogens is 1. The van der Waals surface area contributed by atoms with Gasteiger partial charge in [-0.3, -0.25) is 14.5 Å². The first-order valence-corrected chi connectivity index (χ1v) is 9.01. The van der Waals surface area contributed by atoms with Crippen LogP contribution in [0, 0.1) is 5.92 Å². The van der Waals surface area contributed by atoms with Crippen LogP contribution in [-0.4, -0.2) is 62.0 Å². The minimum Gasteiger partial charge on any atom is -0.353 e. The highest BCUT2D eigenvalue weighted by atomic mass is 35.5. The summed E-state index contributed by atoms with van der Waals surface area (Å²) in [5.74, 6) is -0.255. The zero-order chi connectivity index (χ0) is 16.7. The van der Waals surface area contributed by atoms with E-state index in [1.54, 1.807) is 6.07 Å². The number of carbonyl (C=O) groups excluding carboxylic acids is 2. The van der Waals surface area contributed by atoms with Crippen LogP contribution in [0.25, 0.3) is 0 Å². The highest BCUT2D eigenvalue weighted by Crippen LogP contribution is 2.10. The lowest BCUT2D eigenvalue weighted by atomic mass is 10.0. The van der Waals surface area contributed by atoms with Crippen LogP contribution in [0.4, 0.5) is 0 Å². The predicted molar refractivity (Wildman–Crippen MR) is 100.0 cm³/mol. The molecule has 0 bridgehead atoms. The van der Waals surface area contributed by atoms with E-state index in [9.17, 15) is 9.59 Å². The molecule has 6 nitrogen and oxygen atoms in total. The number of piperazine rings is 1. The fourth-order valence-electron chi connectivity index (χ4n) is 2.54. The van der Waals surface area contributed by atoms with Crippen molar-refractivity contribution in [2.75, 3.05) is 39.3 Å². The normalized spacial score (nSPS) is 16.3. The van der Waals surface area contributed by atoms with E-state index in [2.05, 4.69) is 20.9 Å². The Bertz CT molecular complexity index is 504. The minimum atomic E-state index is -0.507. The van der Waals surface area contributed by atoms with Gasteiger partial charge >= 0.3 is 0 Å². The standard InChI is InChI=1S/C16H26N4O2S.ClH/c1-12(2)14(19-15(21)13-4-3-11-23-13)16(22)18-7-10-20-8-5-17-6-9-20;/h3-4,11-12,14,17H,5-10H2,1-2H3,(H,18,22)(H,19,21);1H. The van der Waals surface area contributed by atoms with Crippen molar-refractivity contribution in [1.82, 2.24) is 20.9 Å². The number of hydrogen-bond donors (Lipinski definition) is 3. The van der Waals surface area contributed by atoms with Gasteiger partial charge in [-0.05, 0) is 17.4 Å². The summed E-state index contributed by atoms with van der Waals surface area (Å²) in [5.41, 5.74) is 0. The monoisotopic (exact) mass is 374 g/mol. The first kappa shape index (κ1) is 20.9. The first-order valence-electron chi connectivity index (χ1n) is 8.13. The van der Waals surface area contributed by atoms with Crippen molar-refractivity contribution in [1.29, 1.82) is 0 Å². The summed E-state index contributed by atoms with van der Waals surface area (Å²) in [6.07, 6.45) is 0. The second kappa shape index (κ2) is 10.7. The molecule has 0 aromatic carbocycles. The van der Waals surface area contributed by atoms with Gasteiger partial charge < -0.3 is 16.0 Å². The molecule has 1 aliphatic heterocycles. The molecule has 1 aromatic heterocycles. The van der Waals surface area contributed by atoms with Crippen LogP contribution >= 0.6 is 23.7 Å². The van der Waals surface area contributed by atoms with Crippen molar-refractivity contribution in [3.63, 3.8) is 0 Å². The summed E-state index contributed by atoms with van der Waals surface area (Å²) < 4.78 is 0. The lowest BCUT2D eigenvalue weighted by Gasteiger charge is -2.27. The van der Waals surface area contributed by atoms with Gasteiger partial charge in [-0.25, -0.2) is 0 Å². The number of thiophene rings is 1. The fourth-order valence-corrected chi connectivity index (χ4v) is 3.16. The number of nitrogens with zero attached hydrogens (tertiary/aromatic N) is 1. The van der Waals surface area contributed by atoms with E-state index in [-0.39, 0.29) is 30.1 Å². The molecule has 1 unspecified atom stereocenters. The summed E-state index contributed by atoms with van der Waals surface area (Å²) in [5, 5.41) is 11.0. The lowest BCUT2D eigenvalue weighted by molar-refractivity contribution is -0.124. The number of nitrogens with one attached hydrogen (secondary N) is 3. The molecule has 2 heterocycles. The van der Waals surface area contributed by atoms with Gasteiger partial charge in [0, 0.05) is 39.3 Å². The zero-order valence-electron chi connectivity index (χ0n) is 14.2. The van der Waals surface area contributed by atoms with Crippen LogP contribution in [0.5, 0.6) is 0 Å². The summed E-state index contributed by atoms with van der Waals surface area (Å²) in [6, 6.07) is 3.09. The molecule has 1 atom stereocenters. The molecule has 1 aliphatic rings. The summed E-state index contributed by atoms with van der Waals surface area (Å²) in [6.45, 7) is 9.36.